The molecular weight excluding hydrogens is 290 g/mol. The van der Waals surface area contributed by atoms with Gasteiger partial charge in [-0.2, -0.15) is 0 Å². The standard InChI is InChI=1S/C17H27N5O/c23-17(20-15-7-4-2-1-3-5-8-15)22-13-11-21(12-14-22)16-18-9-6-10-19-16/h6,9-10,15H,1-5,7-8,11-14H2,(H,20,23). The monoisotopic (exact) mass is 317 g/mol. The van der Waals surface area contributed by atoms with E-state index in [9.17, 15) is 4.79 Å². The predicted molar refractivity (Wildman–Crippen MR) is 90.5 cm³/mol. The summed E-state index contributed by atoms with van der Waals surface area (Å²) >= 11 is 0. The maximum absolute atomic E-state index is 12.5. The van der Waals surface area contributed by atoms with Gasteiger partial charge in [-0.25, -0.2) is 14.8 Å². The van der Waals surface area contributed by atoms with E-state index in [0.717, 1.165) is 45.0 Å². The van der Waals surface area contributed by atoms with Crippen molar-refractivity contribution in [3.63, 3.8) is 0 Å². The number of nitrogens with zero attached hydrogens (tertiary/aromatic N) is 4. The number of carbonyl (C=O) groups is 1. The molecule has 2 aliphatic rings. The van der Waals surface area contributed by atoms with Gasteiger partial charge in [0.25, 0.3) is 0 Å². The van der Waals surface area contributed by atoms with Crippen LogP contribution in [0.3, 0.4) is 0 Å². The minimum atomic E-state index is 0.101. The SMILES string of the molecule is O=C(NC1CCCCCCC1)N1CCN(c2ncccn2)CC1. The molecule has 23 heavy (non-hydrogen) atoms. The van der Waals surface area contributed by atoms with Crippen LogP contribution in [0.25, 0.3) is 0 Å². The molecule has 2 amide bonds. The number of piperazine rings is 1. The van der Waals surface area contributed by atoms with Crippen LogP contribution in [-0.4, -0.2) is 53.1 Å². The van der Waals surface area contributed by atoms with Crippen LogP contribution in [0.15, 0.2) is 18.5 Å². The molecule has 1 aromatic heterocycles. The van der Waals surface area contributed by atoms with Crippen molar-refractivity contribution >= 4 is 12.0 Å². The number of rotatable bonds is 2. The summed E-state index contributed by atoms with van der Waals surface area (Å²) in [6.07, 6.45) is 12.2. The van der Waals surface area contributed by atoms with E-state index in [2.05, 4.69) is 20.2 Å². The Balaban J connectivity index is 1.46. The van der Waals surface area contributed by atoms with Gasteiger partial charge in [-0.15, -0.1) is 0 Å². The zero-order chi connectivity index (χ0) is 15.9. The Morgan fingerprint density at radius 1 is 0.957 bits per heavy atom. The van der Waals surface area contributed by atoms with Gasteiger partial charge in [0, 0.05) is 44.6 Å². The number of anilines is 1. The quantitative estimate of drug-likeness (QED) is 0.910. The Hall–Kier alpha value is -1.85. The smallest absolute Gasteiger partial charge is 0.317 e. The Labute approximate surface area is 138 Å². The highest BCUT2D eigenvalue weighted by molar-refractivity contribution is 5.74. The fourth-order valence-electron chi connectivity index (χ4n) is 3.43. The molecule has 0 aromatic carbocycles. The van der Waals surface area contributed by atoms with Gasteiger partial charge in [-0.1, -0.05) is 32.1 Å². The second-order valence-electron chi connectivity index (χ2n) is 6.51. The largest absolute Gasteiger partial charge is 0.337 e. The summed E-state index contributed by atoms with van der Waals surface area (Å²) in [5, 5.41) is 3.25. The zero-order valence-corrected chi connectivity index (χ0v) is 13.8. The van der Waals surface area contributed by atoms with Crippen LogP contribution in [-0.2, 0) is 0 Å². The average Bonchev–Trinajstić information content (AvgIpc) is 2.58. The predicted octanol–water partition coefficient (Wildman–Crippen LogP) is 2.42. The molecule has 0 radical (unpaired) electrons. The van der Waals surface area contributed by atoms with Crippen LogP contribution in [0.5, 0.6) is 0 Å². The van der Waals surface area contributed by atoms with Gasteiger partial charge in [0.05, 0.1) is 0 Å². The molecule has 1 N–H and O–H groups in total. The molecule has 0 atom stereocenters. The van der Waals surface area contributed by atoms with Crippen LogP contribution in [0.1, 0.15) is 44.9 Å². The summed E-state index contributed by atoms with van der Waals surface area (Å²) in [7, 11) is 0. The first-order valence-electron chi connectivity index (χ1n) is 8.90. The van der Waals surface area contributed by atoms with Crippen LogP contribution in [0, 0.1) is 0 Å². The fourth-order valence-corrected chi connectivity index (χ4v) is 3.43. The van der Waals surface area contributed by atoms with Gasteiger partial charge in [0.15, 0.2) is 0 Å². The maximum atomic E-state index is 12.5. The molecule has 1 aromatic rings. The van der Waals surface area contributed by atoms with Gasteiger partial charge >= 0.3 is 6.03 Å². The molecule has 2 fully saturated rings. The Morgan fingerprint density at radius 3 is 2.22 bits per heavy atom. The molecule has 1 saturated carbocycles. The molecule has 0 bridgehead atoms. The number of urea groups is 1. The highest BCUT2D eigenvalue weighted by atomic mass is 16.2. The molecule has 0 unspecified atom stereocenters. The molecule has 1 saturated heterocycles. The second-order valence-corrected chi connectivity index (χ2v) is 6.51. The first-order valence-corrected chi connectivity index (χ1v) is 8.90. The number of hydrogen-bond donors (Lipinski definition) is 1. The zero-order valence-electron chi connectivity index (χ0n) is 13.8. The normalized spacial score (nSPS) is 20.7. The lowest BCUT2D eigenvalue weighted by molar-refractivity contribution is 0.187. The molecule has 0 spiro atoms. The summed E-state index contributed by atoms with van der Waals surface area (Å²) in [5.74, 6) is 0.757. The van der Waals surface area contributed by atoms with E-state index in [1.165, 1.54) is 32.1 Å². The molecule has 3 rings (SSSR count). The second kappa shape index (κ2) is 8.13. The lowest BCUT2D eigenvalue weighted by Gasteiger charge is -2.35. The minimum absolute atomic E-state index is 0.101. The molecule has 1 aliphatic heterocycles. The van der Waals surface area contributed by atoms with Crippen molar-refractivity contribution in [3.8, 4) is 0 Å². The summed E-state index contributed by atoms with van der Waals surface area (Å²) in [6.45, 7) is 3.05. The van der Waals surface area contributed by atoms with Gasteiger partial charge in [-0.3, -0.25) is 0 Å². The Morgan fingerprint density at radius 2 is 1.57 bits per heavy atom. The van der Waals surface area contributed by atoms with Crippen molar-refractivity contribution in [1.29, 1.82) is 0 Å². The first kappa shape index (κ1) is 16.0. The van der Waals surface area contributed by atoms with E-state index in [0.29, 0.717) is 6.04 Å². The van der Waals surface area contributed by atoms with E-state index in [1.807, 2.05) is 11.0 Å². The average molecular weight is 317 g/mol. The van der Waals surface area contributed by atoms with Crippen LogP contribution in [0.4, 0.5) is 10.7 Å². The summed E-state index contributed by atoms with van der Waals surface area (Å²) in [5.41, 5.74) is 0. The van der Waals surface area contributed by atoms with Crippen molar-refractivity contribution in [3.05, 3.63) is 18.5 Å². The van der Waals surface area contributed by atoms with Crippen LogP contribution >= 0.6 is 0 Å². The highest BCUT2D eigenvalue weighted by Gasteiger charge is 2.24. The molecule has 6 heteroatoms. The molecule has 1 aliphatic carbocycles. The lowest BCUT2D eigenvalue weighted by atomic mass is 9.97. The third-order valence-corrected chi connectivity index (χ3v) is 4.83. The van der Waals surface area contributed by atoms with Crippen molar-refractivity contribution in [2.75, 3.05) is 31.1 Å². The van der Waals surface area contributed by atoms with E-state index < -0.39 is 0 Å². The van der Waals surface area contributed by atoms with Gasteiger partial charge < -0.3 is 15.1 Å². The van der Waals surface area contributed by atoms with E-state index >= 15 is 0 Å². The topological polar surface area (TPSA) is 61.4 Å². The number of nitrogens with one attached hydrogen (secondary N) is 1. The van der Waals surface area contributed by atoms with Gasteiger partial charge in [0.1, 0.15) is 0 Å². The minimum Gasteiger partial charge on any atom is -0.337 e. The van der Waals surface area contributed by atoms with Crippen molar-refractivity contribution in [2.24, 2.45) is 0 Å². The van der Waals surface area contributed by atoms with E-state index in [1.54, 1.807) is 12.4 Å². The first-order chi connectivity index (χ1) is 11.3. The van der Waals surface area contributed by atoms with Crippen LogP contribution in [0.2, 0.25) is 0 Å². The summed E-state index contributed by atoms with van der Waals surface area (Å²) in [6, 6.07) is 2.28. The van der Waals surface area contributed by atoms with Gasteiger partial charge in [-0.05, 0) is 18.9 Å². The molecule has 2 heterocycles. The number of aromatic nitrogens is 2. The molecule has 126 valence electrons. The van der Waals surface area contributed by atoms with E-state index in [4.69, 9.17) is 0 Å². The van der Waals surface area contributed by atoms with Crippen LogP contribution < -0.4 is 10.2 Å². The molecular formula is C17H27N5O. The summed E-state index contributed by atoms with van der Waals surface area (Å²) < 4.78 is 0. The third kappa shape index (κ3) is 4.56. The summed E-state index contributed by atoms with van der Waals surface area (Å²) in [4.78, 5) is 25.1. The van der Waals surface area contributed by atoms with Gasteiger partial charge in [0.2, 0.25) is 5.95 Å². The van der Waals surface area contributed by atoms with E-state index in [-0.39, 0.29) is 6.03 Å². The van der Waals surface area contributed by atoms with Crippen molar-refractivity contribution in [1.82, 2.24) is 20.2 Å². The Bertz CT molecular complexity index is 479. The fraction of sp³-hybridized carbons (Fsp3) is 0.706. The maximum Gasteiger partial charge on any atom is 0.317 e. The number of amides is 2. The Kier molecular flexibility index (Phi) is 5.66. The highest BCUT2D eigenvalue weighted by Crippen LogP contribution is 2.17. The van der Waals surface area contributed by atoms with Crippen molar-refractivity contribution < 1.29 is 4.79 Å². The number of hydrogen-bond acceptors (Lipinski definition) is 4. The lowest BCUT2D eigenvalue weighted by Crippen LogP contribution is -2.53. The molecule has 6 nitrogen and oxygen atoms in total. The number of carbonyl (C=O) groups excluding carboxylic acids is 1. The van der Waals surface area contributed by atoms with Crippen molar-refractivity contribution in [2.45, 2.75) is 51.0 Å². The third-order valence-electron chi connectivity index (χ3n) is 4.83.